The summed E-state index contributed by atoms with van der Waals surface area (Å²) in [5.41, 5.74) is 6.79. The number of phenols is 1. The molecule has 7 heteroatoms. The number of hydrogen-bond donors (Lipinski definition) is 2. The number of aryl methyl sites for hydroxylation is 1. The van der Waals surface area contributed by atoms with Gasteiger partial charge >= 0.3 is 0 Å². The molecule has 0 aliphatic carbocycles. The van der Waals surface area contributed by atoms with Crippen LogP contribution in [-0.2, 0) is 7.05 Å². The third-order valence-electron chi connectivity index (χ3n) is 2.84. The summed E-state index contributed by atoms with van der Waals surface area (Å²) in [6.45, 7) is 0. The van der Waals surface area contributed by atoms with E-state index < -0.39 is 0 Å². The second kappa shape index (κ2) is 4.89. The zero-order chi connectivity index (χ0) is 14.2. The van der Waals surface area contributed by atoms with Crippen molar-refractivity contribution in [3.8, 4) is 28.4 Å². The lowest BCUT2D eigenvalue weighted by Gasteiger charge is -2.14. The molecule has 0 saturated carbocycles. The maximum Gasteiger partial charge on any atom is 0.180 e. The van der Waals surface area contributed by atoms with E-state index in [0.717, 1.165) is 0 Å². The fraction of sp³-hybridized carbons (Fsp3) is 0.250. The van der Waals surface area contributed by atoms with Crippen molar-refractivity contribution in [3.63, 3.8) is 0 Å². The summed E-state index contributed by atoms with van der Waals surface area (Å²) in [6, 6.07) is 1.42. The highest BCUT2D eigenvalue weighted by Crippen LogP contribution is 2.48. The van der Waals surface area contributed by atoms with Crippen LogP contribution in [0, 0.1) is 0 Å². The molecule has 0 aliphatic rings. The molecule has 0 bridgehead atoms. The summed E-state index contributed by atoms with van der Waals surface area (Å²) in [7, 11) is 4.63. The van der Waals surface area contributed by atoms with Gasteiger partial charge in [0.05, 0.1) is 31.0 Å². The molecule has 0 unspecified atom stereocenters. The summed E-state index contributed by atoms with van der Waals surface area (Å²) in [6.07, 6.45) is 1.53. The quantitative estimate of drug-likeness (QED) is 0.901. The van der Waals surface area contributed by atoms with Crippen LogP contribution in [0.1, 0.15) is 0 Å². The number of rotatable bonds is 3. The third-order valence-corrected chi connectivity index (χ3v) is 3.21. The van der Waals surface area contributed by atoms with Crippen LogP contribution in [0.15, 0.2) is 12.3 Å². The van der Waals surface area contributed by atoms with Crippen LogP contribution < -0.4 is 15.2 Å². The van der Waals surface area contributed by atoms with E-state index >= 15 is 0 Å². The van der Waals surface area contributed by atoms with Gasteiger partial charge in [0.15, 0.2) is 11.5 Å². The van der Waals surface area contributed by atoms with Crippen molar-refractivity contribution >= 4 is 17.4 Å². The normalized spacial score (nSPS) is 10.5. The van der Waals surface area contributed by atoms with Gasteiger partial charge in [-0.3, -0.25) is 4.68 Å². The van der Waals surface area contributed by atoms with Gasteiger partial charge in [-0.05, 0) is 0 Å². The number of nitrogens with two attached hydrogens (primary N) is 1. The first-order chi connectivity index (χ1) is 9.01. The van der Waals surface area contributed by atoms with Crippen LogP contribution in [0.25, 0.3) is 11.1 Å². The minimum Gasteiger partial charge on any atom is -0.507 e. The highest BCUT2D eigenvalue weighted by molar-refractivity contribution is 6.35. The number of hydrogen-bond acceptors (Lipinski definition) is 5. The smallest absolute Gasteiger partial charge is 0.180 e. The molecule has 1 aromatic heterocycles. The van der Waals surface area contributed by atoms with E-state index in [9.17, 15) is 5.11 Å². The molecule has 2 rings (SSSR count). The Morgan fingerprint density at radius 2 is 2.05 bits per heavy atom. The SMILES string of the molecule is COc1cc(O)c(-c2cnn(C)c2N)c(Cl)c1OC. The zero-order valence-corrected chi connectivity index (χ0v) is 11.5. The molecule has 0 atom stereocenters. The van der Waals surface area contributed by atoms with Gasteiger partial charge in [0.25, 0.3) is 0 Å². The monoisotopic (exact) mass is 283 g/mol. The highest BCUT2D eigenvalue weighted by Gasteiger charge is 2.22. The second-order valence-corrected chi connectivity index (χ2v) is 4.27. The molecule has 3 N–H and O–H groups in total. The van der Waals surface area contributed by atoms with E-state index in [1.807, 2.05) is 0 Å². The first kappa shape index (κ1) is 13.4. The Morgan fingerprint density at radius 1 is 1.37 bits per heavy atom. The number of nitrogen functional groups attached to an aromatic ring is 1. The molecule has 102 valence electrons. The molecule has 6 nitrogen and oxygen atoms in total. The Kier molecular flexibility index (Phi) is 3.44. The van der Waals surface area contributed by atoms with Crippen molar-refractivity contribution in [2.24, 2.45) is 7.05 Å². The molecule has 2 aromatic rings. The van der Waals surface area contributed by atoms with E-state index in [-0.39, 0.29) is 10.8 Å². The lowest BCUT2D eigenvalue weighted by Crippen LogP contribution is -1.99. The van der Waals surface area contributed by atoms with E-state index in [1.54, 1.807) is 7.05 Å². The number of halogens is 1. The van der Waals surface area contributed by atoms with E-state index in [4.69, 9.17) is 26.8 Å². The van der Waals surface area contributed by atoms with Crippen LogP contribution >= 0.6 is 11.6 Å². The summed E-state index contributed by atoms with van der Waals surface area (Å²) in [4.78, 5) is 0. The van der Waals surface area contributed by atoms with Crippen LogP contribution in [0.5, 0.6) is 17.2 Å². The number of methoxy groups -OCH3 is 2. The number of aromatic hydroxyl groups is 1. The van der Waals surface area contributed by atoms with Gasteiger partial charge in [-0.25, -0.2) is 0 Å². The van der Waals surface area contributed by atoms with E-state index in [0.29, 0.717) is 28.4 Å². The molecule has 0 spiro atoms. The standard InChI is InChI=1S/C12H14ClN3O3/c1-16-12(14)6(5-15-16)9-7(17)4-8(18-2)11(19-3)10(9)13/h4-5,17H,14H2,1-3H3. The lowest BCUT2D eigenvalue weighted by atomic mass is 10.1. The number of anilines is 1. The fourth-order valence-electron chi connectivity index (χ4n) is 1.83. The average molecular weight is 284 g/mol. The van der Waals surface area contributed by atoms with Crippen LogP contribution in [0.3, 0.4) is 0 Å². The van der Waals surface area contributed by atoms with Crippen molar-refractivity contribution in [2.75, 3.05) is 20.0 Å². The van der Waals surface area contributed by atoms with Crippen LogP contribution in [-0.4, -0.2) is 29.1 Å². The Bertz CT molecular complexity index is 625. The molecule has 19 heavy (non-hydrogen) atoms. The van der Waals surface area contributed by atoms with Crippen molar-refractivity contribution in [1.29, 1.82) is 0 Å². The topological polar surface area (TPSA) is 82.5 Å². The predicted molar refractivity (Wildman–Crippen MR) is 72.8 cm³/mol. The van der Waals surface area contributed by atoms with Crippen molar-refractivity contribution in [1.82, 2.24) is 9.78 Å². The van der Waals surface area contributed by atoms with Gasteiger partial charge in [-0.15, -0.1) is 0 Å². The molecule has 0 saturated heterocycles. The maximum atomic E-state index is 10.1. The predicted octanol–water partition coefficient (Wildman–Crippen LogP) is 2.05. The molecule has 1 aromatic carbocycles. The number of aromatic nitrogens is 2. The number of benzene rings is 1. The summed E-state index contributed by atoms with van der Waals surface area (Å²) in [5.74, 6) is 1.02. The molecule has 1 heterocycles. The van der Waals surface area contributed by atoms with Crippen molar-refractivity contribution < 1.29 is 14.6 Å². The van der Waals surface area contributed by atoms with E-state index in [1.165, 1.54) is 31.2 Å². The minimum atomic E-state index is -0.0534. The molecular weight excluding hydrogens is 270 g/mol. The largest absolute Gasteiger partial charge is 0.507 e. The van der Waals surface area contributed by atoms with Crippen LogP contribution in [0.4, 0.5) is 5.82 Å². The molecule has 0 radical (unpaired) electrons. The number of nitrogens with zero attached hydrogens (tertiary/aromatic N) is 2. The Balaban J connectivity index is 2.74. The van der Waals surface area contributed by atoms with Gasteiger partial charge in [0.1, 0.15) is 11.6 Å². The average Bonchev–Trinajstić information content (AvgIpc) is 2.70. The maximum absolute atomic E-state index is 10.1. The molecule has 0 amide bonds. The fourth-order valence-corrected chi connectivity index (χ4v) is 2.20. The molecular formula is C12H14ClN3O3. The Labute approximate surface area is 115 Å². The molecule has 0 aliphatic heterocycles. The van der Waals surface area contributed by atoms with Crippen molar-refractivity contribution in [2.45, 2.75) is 0 Å². The van der Waals surface area contributed by atoms with E-state index in [2.05, 4.69) is 5.10 Å². The number of phenolic OH excluding ortho intramolecular Hbond substituents is 1. The van der Waals surface area contributed by atoms with Gasteiger partial charge in [-0.1, -0.05) is 11.6 Å². The summed E-state index contributed by atoms with van der Waals surface area (Å²) in [5, 5.41) is 14.3. The van der Waals surface area contributed by atoms with Gasteiger partial charge in [-0.2, -0.15) is 5.10 Å². The summed E-state index contributed by atoms with van der Waals surface area (Å²) < 4.78 is 11.8. The van der Waals surface area contributed by atoms with Crippen LogP contribution in [0.2, 0.25) is 5.02 Å². The highest BCUT2D eigenvalue weighted by atomic mass is 35.5. The first-order valence-electron chi connectivity index (χ1n) is 5.42. The van der Waals surface area contributed by atoms with Gasteiger partial charge in [0, 0.05) is 18.7 Å². The third kappa shape index (κ3) is 2.04. The van der Waals surface area contributed by atoms with Gasteiger partial charge < -0.3 is 20.3 Å². The lowest BCUT2D eigenvalue weighted by molar-refractivity contribution is 0.352. The summed E-state index contributed by atoms with van der Waals surface area (Å²) >= 11 is 6.26. The van der Waals surface area contributed by atoms with Gasteiger partial charge in [0.2, 0.25) is 0 Å². The Morgan fingerprint density at radius 3 is 2.53 bits per heavy atom. The number of ether oxygens (including phenoxy) is 2. The zero-order valence-electron chi connectivity index (χ0n) is 10.8. The second-order valence-electron chi connectivity index (χ2n) is 3.89. The molecule has 0 fully saturated rings. The minimum absolute atomic E-state index is 0.0534. The van der Waals surface area contributed by atoms with Crippen molar-refractivity contribution in [3.05, 3.63) is 17.3 Å². The Hall–Kier alpha value is -2.08. The first-order valence-corrected chi connectivity index (χ1v) is 5.80.